The Balaban J connectivity index is 2.06. The van der Waals surface area contributed by atoms with Crippen molar-refractivity contribution in [3.8, 4) is 0 Å². The number of nitrogens with zero attached hydrogens (tertiary/aromatic N) is 1. The summed E-state index contributed by atoms with van der Waals surface area (Å²) in [7, 11) is 0. The van der Waals surface area contributed by atoms with E-state index in [0.29, 0.717) is 6.04 Å². The maximum absolute atomic E-state index is 6.49. The number of piperidine rings is 1. The van der Waals surface area contributed by atoms with Crippen molar-refractivity contribution in [3.63, 3.8) is 0 Å². The van der Waals surface area contributed by atoms with Crippen LogP contribution in [0.1, 0.15) is 57.6 Å². The summed E-state index contributed by atoms with van der Waals surface area (Å²) in [5.74, 6) is 0. The van der Waals surface area contributed by atoms with Crippen LogP contribution in [0.2, 0.25) is 0 Å². The van der Waals surface area contributed by atoms with E-state index in [1.54, 1.807) is 0 Å². The van der Waals surface area contributed by atoms with Crippen LogP contribution >= 0.6 is 0 Å². The van der Waals surface area contributed by atoms with E-state index in [2.05, 4.69) is 49.1 Å². The van der Waals surface area contributed by atoms with Gasteiger partial charge in [0.05, 0.1) is 0 Å². The Bertz CT molecular complexity index is 361. The molecular formula is C17H28N2. The summed E-state index contributed by atoms with van der Waals surface area (Å²) in [6, 6.07) is 11.8. The monoisotopic (exact) mass is 260 g/mol. The van der Waals surface area contributed by atoms with E-state index in [0.717, 1.165) is 6.04 Å². The number of hydrogen-bond donors (Lipinski definition) is 1. The fraction of sp³-hybridized carbons (Fsp3) is 0.647. The SMILES string of the molecule is CCCC1CCCCN1C(C)C(N)c1ccccc1. The van der Waals surface area contributed by atoms with Crippen molar-refractivity contribution in [3.05, 3.63) is 35.9 Å². The molecule has 1 aromatic carbocycles. The van der Waals surface area contributed by atoms with E-state index in [-0.39, 0.29) is 6.04 Å². The number of benzene rings is 1. The second-order valence-electron chi connectivity index (χ2n) is 5.85. The summed E-state index contributed by atoms with van der Waals surface area (Å²) in [4.78, 5) is 2.66. The Morgan fingerprint density at radius 3 is 2.68 bits per heavy atom. The molecule has 0 spiro atoms. The van der Waals surface area contributed by atoms with Gasteiger partial charge >= 0.3 is 0 Å². The van der Waals surface area contributed by atoms with Gasteiger partial charge < -0.3 is 5.73 Å². The standard InChI is InChI=1S/C17H28N2/c1-3-9-16-12-7-8-13-19(16)14(2)17(18)15-10-5-4-6-11-15/h4-6,10-11,14,16-17H,3,7-9,12-13,18H2,1-2H3. The van der Waals surface area contributed by atoms with E-state index >= 15 is 0 Å². The average molecular weight is 260 g/mol. The molecule has 2 rings (SSSR count). The zero-order chi connectivity index (χ0) is 13.7. The molecule has 0 radical (unpaired) electrons. The van der Waals surface area contributed by atoms with Gasteiger partial charge in [0.1, 0.15) is 0 Å². The minimum Gasteiger partial charge on any atom is -0.323 e. The van der Waals surface area contributed by atoms with Gasteiger partial charge in [0.15, 0.2) is 0 Å². The Morgan fingerprint density at radius 1 is 1.26 bits per heavy atom. The van der Waals surface area contributed by atoms with Crippen molar-refractivity contribution in [1.29, 1.82) is 0 Å². The minimum absolute atomic E-state index is 0.124. The zero-order valence-corrected chi connectivity index (χ0v) is 12.4. The first-order chi connectivity index (χ1) is 9.24. The van der Waals surface area contributed by atoms with Crippen molar-refractivity contribution in [2.75, 3.05) is 6.54 Å². The molecule has 2 heteroatoms. The Morgan fingerprint density at radius 2 is 2.00 bits per heavy atom. The second-order valence-corrected chi connectivity index (χ2v) is 5.85. The fourth-order valence-corrected chi connectivity index (χ4v) is 3.36. The number of hydrogen-bond acceptors (Lipinski definition) is 2. The van der Waals surface area contributed by atoms with Crippen LogP contribution < -0.4 is 5.73 Å². The van der Waals surface area contributed by atoms with Gasteiger partial charge in [-0.2, -0.15) is 0 Å². The highest BCUT2D eigenvalue weighted by Gasteiger charge is 2.29. The third-order valence-electron chi connectivity index (χ3n) is 4.52. The summed E-state index contributed by atoms with van der Waals surface area (Å²) >= 11 is 0. The average Bonchev–Trinajstić information content (AvgIpc) is 2.47. The smallest absolute Gasteiger partial charge is 0.0450 e. The fourth-order valence-electron chi connectivity index (χ4n) is 3.36. The zero-order valence-electron chi connectivity index (χ0n) is 12.4. The molecule has 2 N–H and O–H groups in total. The third-order valence-corrected chi connectivity index (χ3v) is 4.52. The van der Waals surface area contributed by atoms with Crippen molar-refractivity contribution in [1.82, 2.24) is 4.90 Å². The molecule has 1 fully saturated rings. The summed E-state index contributed by atoms with van der Waals surface area (Å²) in [5.41, 5.74) is 7.75. The number of nitrogens with two attached hydrogens (primary N) is 1. The van der Waals surface area contributed by atoms with Gasteiger partial charge in [-0.15, -0.1) is 0 Å². The first-order valence-corrected chi connectivity index (χ1v) is 7.80. The predicted molar refractivity (Wildman–Crippen MR) is 82.1 cm³/mol. The Hall–Kier alpha value is -0.860. The molecule has 3 unspecified atom stereocenters. The Labute approximate surface area is 118 Å². The quantitative estimate of drug-likeness (QED) is 0.874. The molecule has 2 nitrogen and oxygen atoms in total. The van der Waals surface area contributed by atoms with E-state index in [4.69, 9.17) is 5.73 Å². The van der Waals surface area contributed by atoms with Crippen molar-refractivity contribution >= 4 is 0 Å². The molecule has 1 heterocycles. The van der Waals surface area contributed by atoms with Crippen LogP contribution in [-0.2, 0) is 0 Å². The highest BCUT2D eigenvalue weighted by molar-refractivity contribution is 5.20. The van der Waals surface area contributed by atoms with Crippen LogP contribution in [-0.4, -0.2) is 23.5 Å². The van der Waals surface area contributed by atoms with E-state index in [1.165, 1.54) is 44.2 Å². The highest BCUT2D eigenvalue weighted by Crippen LogP contribution is 2.27. The summed E-state index contributed by atoms with van der Waals surface area (Å²) < 4.78 is 0. The second kappa shape index (κ2) is 7.06. The van der Waals surface area contributed by atoms with E-state index < -0.39 is 0 Å². The first-order valence-electron chi connectivity index (χ1n) is 7.80. The van der Waals surface area contributed by atoms with Crippen LogP contribution in [0.25, 0.3) is 0 Å². The molecule has 0 amide bonds. The van der Waals surface area contributed by atoms with Crippen LogP contribution in [0.5, 0.6) is 0 Å². The summed E-state index contributed by atoms with van der Waals surface area (Å²) in [6.45, 7) is 5.80. The third kappa shape index (κ3) is 3.58. The van der Waals surface area contributed by atoms with Gasteiger partial charge in [-0.05, 0) is 38.3 Å². The normalized spacial score (nSPS) is 24.1. The lowest BCUT2D eigenvalue weighted by molar-refractivity contribution is 0.0829. The van der Waals surface area contributed by atoms with Crippen molar-refractivity contribution in [2.24, 2.45) is 5.73 Å². The van der Waals surface area contributed by atoms with Gasteiger partial charge in [0, 0.05) is 18.1 Å². The van der Waals surface area contributed by atoms with Gasteiger partial charge in [-0.3, -0.25) is 4.90 Å². The molecule has 1 aliphatic heterocycles. The molecule has 1 aliphatic rings. The molecule has 19 heavy (non-hydrogen) atoms. The lowest BCUT2D eigenvalue weighted by Gasteiger charge is -2.42. The first kappa shape index (κ1) is 14.5. The van der Waals surface area contributed by atoms with Crippen LogP contribution in [0, 0.1) is 0 Å². The topological polar surface area (TPSA) is 29.3 Å². The molecule has 0 saturated carbocycles. The molecule has 3 atom stereocenters. The minimum atomic E-state index is 0.124. The largest absolute Gasteiger partial charge is 0.323 e. The Kier molecular flexibility index (Phi) is 5.41. The number of rotatable bonds is 5. The lowest BCUT2D eigenvalue weighted by Crippen LogP contribution is -2.49. The van der Waals surface area contributed by atoms with Crippen LogP contribution in [0.4, 0.5) is 0 Å². The summed E-state index contributed by atoms with van der Waals surface area (Å²) in [5, 5.41) is 0. The molecule has 1 aromatic rings. The maximum atomic E-state index is 6.49. The van der Waals surface area contributed by atoms with Crippen LogP contribution in [0.3, 0.4) is 0 Å². The molecule has 0 aliphatic carbocycles. The number of likely N-dealkylation sites (tertiary alicyclic amines) is 1. The molecule has 0 bridgehead atoms. The molecule has 1 saturated heterocycles. The van der Waals surface area contributed by atoms with E-state index in [1.807, 2.05) is 0 Å². The molecule has 106 valence electrons. The van der Waals surface area contributed by atoms with Gasteiger partial charge in [-0.1, -0.05) is 50.1 Å². The van der Waals surface area contributed by atoms with Gasteiger partial charge in [-0.25, -0.2) is 0 Å². The van der Waals surface area contributed by atoms with Crippen LogP contribution in [0.15, 0.2) is 30.3 Å². The van der Waals surface area contributed by atoms with E-state index in [9.17, 15) is 0 Å². The lowest BCUT2D eigenvalue weighted by atomic mass is 9.92. The predicted octanol–water partition coefficient (Wildman–Crippen LogP) is 3.73. The maximum Gasteiger partial charge on any atom is 0.0450 e. The molecule has 0 aromatic heterocycles. The van der Waals surface area contributed by atoms with Crippen molar-refractivity contribution < 1.29 is 0 Å². The van der Waals surface area contributed by atoms with Crippen molar-refractivity contribution in [2.45, 2.75) is 64.1 Å². The summed E-state index contributed by atoms with van der Waals surface area (Å²) in [6.07, 6.45) is 6.64. The highest BCUT2D eigenvalue weighted by atomic mass is 15.2. The van der Waals surface area contributed by atoms with Gasteiger partial charge in [0.25, 0.3) is 0 Å². The molecular weight excluding hydrogens is 232 g/mol. The van der Waals surface area contributed by atoms with Gasteiger partial charge in [0.2, 0.25) is 0 Å².